The highest BCUT2D eigenvalue weighted by atomic mass is 33.1. The summed E-state index contributed by atoms with van der Waals surface area (Å²) >= 11 is 0. The highest BCUT2D eigenvalue weighted by Crippen LogP contribution is 2.39. The molecule has 0 aliphatic carbocycles. The predicted molar refractivity (Wildman–Crippen MR) is 100 cm³/mol. The fourth-order valence-electron chi connectivity index (χ4n) is 2.54. The van der Waals surface area contributed by atoms with Crippen molar-refractivity contribution in [2.45, 2.75) is 43.5 Å². The molecular weight excluding hydrogens is 364 g/mol. The first-order chi connectivity index (χ1) is 12.3. The van der Waals surface area contributed by atoms with Crippen LogP contribution in [0.2, 0.25) is 0 Å². The van der Waals surface area contributed by atoms with E-state index in [2.05, 4.69) is 0 Å². The van der Waals surface area contributed by atoms with Crippen LogP contribution in [0.3, 0.4) is 0 Å². The third-order valence-electron chi connectivity index (χ3n) is 3.94. The van der Waals surface area contributed by atoms with E-state index in [1.54, 1.807) is 0 Å². The van der Waals surface area contributed by atoms with E-state index in [0.717, 1.165) is 18.1 Å². The van der Waals surface area contributed by atoms with Crippen LogP contribution in [0.15, 0.2) is 0 Å². The van der Waals surface area contributed by atoms with Gasteiger partial charge >= 0.3 is 5.97 Å². The molecule has 6 nitrogen and oxygen atoms in total. The van der Waals surface area contributed by atoms with Crippen molar-refractivity contribution in [1.82, 2.24) is 0 Å². The van der Waals surface area contributed by atoms with Crippen molar-refractivity contribution in [3.63, 3.8) is 0 Å². The standard InChI is InChI=1S/C17H30O6S2/c18-17(4-2-1-3-16-5-12-24-25-16)23-14-15-13-21-9-8-19-6-7-20-10-11-22-15/h15-16H,1-14H2. The zero-order valence-electron chi connectivity index (χ0n) is 14.8. The van der Waals surface area contributed by atoms with E-state index < -0.39 is 0 Å². The van der Waals surface area contributed by atoms with Crippen molar-refractivity contribution < 1.29 is 28.5 Å². The largest absolute Gasteiger partial charge is 0.463 e. The first kappa shape index (κ1) is 21.3. The number of hydrogen-bond donors (Lipinski definition) is 0. The quantitative estimate of drug-likeness (QED) is 0.371. The third-order valence-corrected chi connectivity index (χ3v) is 6.95. The maximum atomic E-state index is 11.9. The Bertz CT molecular complexity index is 340. The van der Waals surface area contributed by atoms with Gasteiger partial charge in [0.05, 0.1) is 46.2 Å². The molecule has 0 aromatic heterocycles. The summed E-state index contributed by atoms with van der Waals surface area (Å²) in [6.45, 7) is 3.76. The van der Waals surface area contributed by atoms with E-state index >= 15 is 0 Å². The van der Waals surface area contributed by atoms with E-state index in [-0.39, 0.29) is 18.7 Å². The van der Waals surface area contributed by atoms with Crippen molar-refractivity contribution in [2.75, 3.05) is 58.6 Å². The molecule has 146 valence electrons. The Labute approximate surface area is 158 Å². The fraction of sp³-hybridized carbons (Fsp3) is 0.941. The molecule has 0 radical (unpaired) electrons. The molecule has 2 aliphatic rings. The minimum Gasteiger partial charge on any atom is -0.463 e. The molecule has 25 heavy (non-hydrogen) atoms. The molecule has 0 amide bonds. The summed E-state index contributed by atoms with van der Waals surface area (Å²) in [5, 5.41) is 0.772. The van der Waals surface area contributed by atoms with Crippen molar-refractivity contribution in [1.29, 1.82) is 0 Å². The van der Waals surface area contributed by atoms with Crippen molar-refractivity contribution >= 4 is 27.6 Å². The third kappa shape index (κ3) is 10.7. The lowest BCUT2D eigenvalue weighted by Gasteiger charge is -2.19. The Balaban J connectivity index is 1.53. The fourth-order valence-corrected chi connectivity index (χ4v) is 5.56. The van der Waals surface area contributed by atoms with Crippen LogP contribution >= 0.6 is 21.6 Å². The molecule has 2 saturated heterocycles. The average Bonchev–Trinajstić information content (AvgIpc) is 3.12. The number of esters is 1. The van der Waals surface area contributed by atoms with E-state index in [9.17, 15) is 4.79 Å². The topological polar surface area (TPSA) is 63.2 Å². The van der Waals surface area contributed by atoms with Crippen LogP contribution in [0.25, 0.3) is 0 Å². The number of ether oxygens (including phenoxy) is 5. The second-order valence-electron chi connectivity index (χ2n) is 6.05. The lowest BCUT2D eigenvalue weighted by molar-refractivity contribution is -0.151. The van der Waals surface area contributed by atoms with Crippen LogP contribution < -0.4 is 0 Å². The number of hydrogen-bond acceptors (Lipinski definition) is 8. The second kappa shape index (κ2) is 14.1. The van der Waals surface area contributed by atoms with Crippen molar-refractivity contribution in [3.05, 3.63) is 0 Å². The summed E-state index contributed by atoms with van der Waals surface area (Å²) in [6, 6.07) is 0. The molecule has 2 aliphatic heterocycles. The molecule has 2 fully saturated rings. The van der Waals surface area contributed by atoms with Gasteiger partial charge in [0, 0.05) is 17.4 Å². The Morgan fingerprint density at radius 2 is 1.76 bits per heavy atom. The number of carbonyl (C=O) groups is 1. The summed E-state index contributed by atoms with van der Waals surface area (Å²) in [4.78, 5) is 11.9. The van der Waals surface area contributed by atoms with Crippen molar-refractivity contribution in [3.8, 4) is 0 Å². The molecule has 0 aromatic carbocycles. The SMILES string of the molecule is O=C(CCCCC1CCSS1)OCC1COCCOCCOCCO1. The van der Waals surface area contributed by atoms with Gasteiger partial charge in [0.2, 0.25) is 0 Å². The Hall–Kier alpha value is 0.01000. The van der Waals surface area contributed by atoms with Crippen LogP contribution in [0.5, 0.6) is 0 Å². The minimum atomic E-state index is -0.251. The molecule has 2 rings (SSSR count). The maximum Gasteiger partial charge on any atom is 0.305 e. The monoisotopic (exact) mass is 394 g/mol. The molecule has 2 heterocycles. The van der Waals surface area contributed by atoms with Crippen LogP contribution in [0.4, 0.5) is 0 Å². The number of rotatable bonds is 7. The van der Waals surface area contributed by atoms with Gasteiger partial charge < -0.3 is 23.7 Å². The second-order valence-corrected chi connectivity index (χ2v) is 8.84. The van der Waals surface area contributed by atoms with Gasteiger partial charge in [-0.2, -0.15) is 0 Å². The van der Waals surface area contributed by atoms with Gasteiger partial charge in [-0.25, -0.2) is 0 Å². The van der Waals surface area contributed by atoms with Crippen LogP contribution in [0.1, 0.15) is 32.1 Å². The number of unbranched alkanes of at least 4 members (excludes halogenated alkanes) is 1. The van der Waals surface area contributed by atoms with E-state index in [0.29, 0.717) is 52.7 Å². The molecule has 0 bridgehead atoms. The highest BCUT2D eigenvalue weighted by Gasteiger charge is 2.17. The van der Waals surface area contributed by atoms with Gasteiger partial charge in [-0.3, -0.25) is 4.79 Å². The lowest BCUT2D eigenvalue weighted by Crippen LogP contribution is -2.30. The Kier molecular flexibility index (Phi) is 12.0. The van der Waals surface area contributed by atoms with Gasteiger partial charge in [-0.1, -0.05) is 28.0 Å². The summed E-state index contributed by atoms with van der Waals surface area (Å²) in [5.74, 6) is 1.11. The highest BCUT2D eigenvalue weighted by molar-refractivity contribution is 8.77. The van der Waals surface area contributed by atoms with Gasteiger partial charge in [-0.15, -0.1) is 0 Å². The molecule has 2 atom stereocenters. The summed E-state index contributed by atoms with van der Waals surface area (Å²) in [7, 11) is 3.95. The average molecular weight is 395 g/mol. The Morgan fingerprint density at radius 3 is 2.52 bits per heavy atom. The zero-order valence-corrected chi connectivity index (χ0v) is 16.5. The van der Waals surface area contributed by atoms with Crippen LogP contribution in [-0.4, -0.2) is 75.9 Å². The first-order valence-corrected chi connectivity index (χ1v) is 11.5. The van der Waals surface area contributed by atoms with Crippen LogP contribution in [0, 0.1) is 0 Å². The molecule has 8 heteroatoms. The smallest absolute Gasteiger partial charge is 0.305 e. The van der Waals surface area contributed by atoms with Gasteiger partial charge in [0.25, 0.3) is 0 Å². The van der Waals surface area contributed by atoms with E-state index in [1.165, 1.54) is 18.6 Å². The minimum absolute atomic E-state index is 0.150. The van der Waals surface area contributed by atoms with Gasteiger partial charge in [-0.05, 0) is 19.3 Å². The normalized spacial score (nSPS) is 26.6. The Morgan fingerprint density at radius 1 is 1.00 bits per heavy atom. The zero-order chi connectivity index (χ0) is 17.6. The van der Waals surface area contributed by atoms with Gasteiger partial charge in [0.1, 0.15) is 12.7 Å². The summed E-state index contributed by atoms with van der Waals surface area (Å²) < 4.78 is 27.3. The summed E-state index contributed by atoms with van der Waals surface area (Å²) in [6.07, 6.45) is 4.72. The van der Waals surface area contributed by atoms with E-state index in [1.807, 2.05) is 21.6 Å². The molecule has 2 unspecified atom stereocenters. The van der Waals surface area contributed by atoms with Gasteiger partial charge in [0.15, 0.2) is 0 Å². The van der Waals surface area contributed by atoms with Crippen LogP contribution in [-0.2, 0) is 28.5 Å². The maximum absolute atomic E-state index is 11.9. The molecule has 0 spiro atoms. The van der Waals surface area contributed by atoms with Crippen molar-refractivity contribution in [2.24, 2.45) is 0 Å². The summed E-state index contributed by atoms with van der Waals surface area (Å²) in [5.41, 5.74) is 0. The molecular formula is C17H30O6S2. The number of carbonyl (C=O) groups excluding carboxylic acids is 1. The lowest BCUT2D eigenvalue weighted by atomic mass is 10.1. The first-order valence-electron chi connectivity index (χ1n) is 9.13. The predicted octanol–water partition coefficient (Wildman–Crippen LogP) is 2.69. The van der Waals surface area contributed by atoms with E-state index in [4.69, 9.17) is 23.7 Å². The molecule has 0 N–H and O–H groups in total. The molecule has 0 aromatic rings. The molecule has 0 saturated carbocycles.